The Hall–Kier alpha value is -3.83. The SMILES string of the molecule is CC(Oc1cccc(Cl)c1)C(=O)OCC(=O)Nc1c(C#N)cnn1-c1ccccc1. The molecule has 8 nitrogen and oxygen atoms in total. The smallest absolute Gasteiger partial charge is 0.347 e. The third-order valence-electron chi connectivity index (χ3n) is 3.93. The fraction of sp³-hybridized carbons (Fsp3) is 0.143. The van der Waals surface area contributed by atoms with E-state index in [-0.39, 0.29) is 11.4 Å². The summed E-state index contributed by atoms with van der Waals surface area (Å²) in [7, 11) is 0. The van der Waals surface area contributed by atoms with E-state index in [1.165, 1.54) is 17.8 Å². The van der Waals surface area contributed by atoms with Crippen molar-refractivity contribution in [1.29, 1.82) is 5.26 Å². The summed E-state index contributed by atoms with van der Waals surface area (Å²) in [4.78, 5) is 24.4. The minimum absolute atomic E-state index is 0.177. The first kappa shape index (κ1) is 20.9. The number of anilines is 1. The Morgan fingerprint density at radius 2 is 2.00 bits per heavy atom. The van der Waals surface area contributed by atoms with Crippen molar-refractivity contribution in [2.24, 2.45) is 0 Å². The predicted molar refractivity (Wildman–Crippen MR) is 109 cm³/mol. The number of amides is 1. The highest BCUT2D eigenvalue weighted by molar-refractivity contribution is 6.30. The summed E-state index contributed by atoms with van der Waals surface area (Å²) in [5.74, 6) is -0.746. The molecule has 0 radical (unpaired) electrons. The first-order valence-corrected chi connectivity index (χ1v) is 9.28. The number of carbonyl (C=O) groups excluding carboxylic acids is 2. The second-order valence-electron chi connectivity index (χ2n) is 6.14. The van der Waals surface area contributed by atoms with Gasteiger partial charge in [0, 0.05) is 5.02 Å². The number of carbonyl (C=O) groups is 2. The van der Waals surface area contributed by atoms with Gasteiger partial charge in [-0.15, -0.1) is 0 Å². The molecule has 3 rings (SSSR count). The Bertz CT molecular complexity index is 1090. The monoisotopic (exact) mass is 424 g/mol. The summed E-state index contributed by atoms with van der Waals surface area (Å²) in [6.07, 6.45) is 0.399. The van der Waals surface area contributed by atoms with Crippen LogP contribution in [0.4, 0.5) is 5.82 Å². The van der Waals surface area contributed by atoms with Crippen molar-refractivity contribution >= 4 is 29.3 Å². The highest BCUT2D eigenvalue weighted by atomic mass is 35.5. The molecule has 0 aliphatic rings. The van der Waals surface area contributed by atoms with E-state index in [0.717, 1.165) is 0 Å². The topological polar surface area (TPSA) is 106 Å². The molecule has 1 amide bonds. The molecule has 0 fully saturated rings. The number of halogens is 1. The van der Waals surface area contributed by atoms with E-state index in [1.807, 2.05) is 12.1 Å². The van der Waals surface area contributed by atoms with Crippen LogP contribution in [0.25, 0.3) is 5.69 Å². The Kier molecular flexibility index (Phi) is 6.67. The van der Waals surface area contributed by atoms with Crippen LogP contribution in [-0.2, 0) is 14.3 Å². The van der Waals surface area contributed by atoms with Gasteiger partial charge in [0.1, 0.15) is 17.4 Å². The van der Waals surface area contributed by atoms with Gasteiger partial charge in [0.2, 0.25) is 0 Å². The minimum Gasteiger partial charge on any atom is -0.479 e. The molecule has 3 aromatic rings. The molecule has 0 saturated heterocycles. The fourth-order valence-electron chi connectivity index (χ4n) is 2.53. The normalized spacial score (nSPS) is 11.2. The van der Waals surface area contributed by atoms with Crippen LogP contribution in [-0.4, -0.2) is 34.4 Å². The lowest BCUT2D eigenvalue weighted by molar-refractivity contribution is -0.153. The van der Waals surface area contributed by atoms with E-state index in [2.05, 4.69) is 10.4 Å². The lowest BCUT2D eigenvalue weighted by Gasteiger charge is -2.14. The average molecular weight is 425 g/mol. The number of nitrogens with one attached hydrogen (secondary N) is 1. The van der Waals surface area contributed by atoms with Gasteiger partial charge < -0.3 is 14.8 Å². The van der Waals surface area contributed by atoms with Crippen LogP contribution in [0.1, 0.15) is 12.5 Å². The molecule has 152 valence electrons. The Morgan fingerprint density at radius 1 is 1.23 bits per heavy atom. The van der Waals surface area contributed by atoms with Gasteiger partial charge in [-0.1, -0.05) is 35.9 Å². The maximum Gasteiger partial charge on any atom is 0.347 e. The van der Waals surface area contributed by atoms with E-state index in [4.69, 9.17) is 21.1 Å². The molecular weight excluding hydrogens is 408 g/mol. The second-order valence-corrected chi connectivity index (χ2v) is 6.58. The zero-order valence-corrected chi connectivity index (χ0v) is 16.7. The maximum atomic E-state index is 12.3. The van der Waals surface area contributed by atoms with E-state index >= 15 is 0 Å². The molecule has 1 heterocycles. The Morgan fingerprint density at radius 3 is 2.70 bits per heavy atom. The molecular formula is C21H17ClN4O4. The zero-order valence-electron chi connectivity index (χ0n) is 15.9. The highest BCUT2D eigenvalue weighted by Gasteiger charge is 2.20. The number of esters is 1. The van der Waals surface area contributed by atoms with E-state index in [0.29, 0.717) is 16.5 Å². The molecule has 1 unspecified atom stereocenters. The summed E-state index contributed by atoms with van der Waals surface area (Å²) < 4.78 is 11.9. The van der Waals surface area contributed by atoms with Gasteiger partial charge in [0.05, 0.1) is 11.9 Å². The molecule has 30 heavy (non-hydrogen) atoms. The minimum atomic E-state index is -0.944. The average Bonchev–Trinajstić information content (AvgIpc) is 3.15. The van der Waals surface area contributed by atoms with Crippen LogP contribution < -0.4 is 10.1 Å². The molecule has 1 aromatic heterocycles. The van der Waals surface area contributed by atoms with Crippen molar-refractivity contribution in [3.8, 4) is 17.5 Å². The zero-order chi connectivity index (χ0) is 21.5. The molecule has 2 aromatic carbocycles. The predicted octanol–water partition coefficient (Wildman–Crippen LogP) is 3.35. The number of nitrogens with zero attached hydrogens (tertiary/aromatic N) is 3. The fourth-order valence-corrected chi connectivity index (χ4v) is 2.71. The van der Waals surface area contributed by atoms with Gasteiger partial charge in [-0.05, 0) is 37.3 Å². The summed E-state index contributed by atoms with van der Waals surface area (Å²) in [6, 6.07) is 17.5. The van der Waals surface area contributed by atoms with Gasteiger partial charge in [0.25, 0.3) is 5.91 Å². The van der Waals surface area contributed by atoms with Gasteiger partial charge in [-0.3, -0.25) is 4.79 Å². The lowest BCUT2D eigenvalue weighted by Crippen LogP contribution is -2.30. The van der Waals surface area contributed by atoms with Gasteiger partial charge >= 0.3 is 5.97 Å². The third-order valence-corrected chi connectivity index (χ3v) is 4.17. The van der Waals surface area contributed by atoms with Crippen molar-refractivity contribution in [3.05, 3.63) is 71.4 Å². The van der Waals surface area contributed by atoms with Gasteiger partial charge in [-0.25, -0.2) is 9.48 Å². The summed E-state index contributed by atoms with van der Waals surface area (Å²) in [6.45, 7) is 0.951. The molecule has 0 spiro atoms. The largest absolute Gasteiger partial charge is 0.479 e. The second kappa shape index (κ2) is 9.58. The van der Waals surface area contributed by atoms with Gasteiger partial charge in [-0.2, -0.15) is 10.4 Å². The number of hydrogen-bond acceptors (Lipinski definition) is 6. The Balaban J connectivity index is 1.60. The maximum absolute atomic E-state index is 12.3. The molecule has 0 aliphatic carbocycles. The molecule has 1 atom stereocenters. The van der Waals surface area contributed by atoms with Crippen molar-refractivity contribution < 1.29 is 19.1 Å². The molecule has 1 N–H and O–H groups in total. The van der Waals surface area contributed by atoms with Crippen LogP contribution in [0.3, 0.4) is 0 Å². The highest BCUT2D eigenvalue weighted by Crippen LogP contribution is 2.20. The number of nitriles is 1. The number of ether oxygens (including phenoxy) is 2. The standard InChI is InChI=1S/C21H17ClN4O4/c1-14(30-18-9-5-6-16(22)10-18)21(28)29-13-19(27)25-20-15(11-23)12-24-26(20)17-7-3-2-4-8-17/h2-10,12,14H,13H2,1H3,(H,25,27). The first-order valence-electron chi connectivity index (χ1n) is 8.90. The summed E-state index contributed by atoms with van der Waals surface area (Å²) in [5, 5.41) is 16.4. The summed E-state index contributed by atoms with van der Waals surface area (Å²) >= 11 is 5.88. The van der Waals surface area contributed by atoms with Crippen LogP contribution in [0.5, 0.6) is 5.75 Å². The number of para-hydroxylation sites is 1. The van der Waals surface area contributed by atoms with Crippen molar-refractivity contribution in [2.45, 2.75) is 13.0 Å². The lowest BCUT2D eigenvalue weighted by atomic mass is 10.3. The van der Waals surface area contributed by atoms with Crippen molar-refractivity contribution in [1.82, 2.24) is 9.78 Å². The van der Waals surface area contributed by atoms with Crippen LogP contribution in [0, 0.1) is 11.3 Å². The quantitative estimate of drug-likeness (QED) is 0.583. The summed E-state index contributed by atoms with van der Waals surface area (Å²) in [5.41, 5.74) is 0.839. The number of benzene rings is 2. The number of aromatic nitrogens is 2. The molecule has 0 bridgehead atoms. The van der Waals surface area contributed by atoms with Crippen LogP contribution >= 0.6 is 11.6 Å². The molecule has 0 saturated carbocycles. The van der Waals surface area contributed by atoms with Gasteiger partial charge in [0.15, 0.2) is 18.5 Å². The molecule has 9 heteroatoms. The first-order chi connectivity index (χ1) is 14.5. The van der Waals surface area contributed by atoms with E-state index in [9.17, 15) is 14.9 Å². The third kappa shape index (κ3) is 5.16. The van der Waals surface area contributed by atoms with Crippen LogP contribution in [0.2, 0.25) is 5.02 Å². The number of hydrogen-bond donors (Lipinski definition) is 1. The van der Waals surface area contributed by atoms with Crippen molar-refractivity contribution in [3.63, 3.8) is 0 Å². The number of rotatable bonds is 7. The Labute approximate surface area is 177 Å². The molecule has 0 aliphatic heterocycles. The van der Waals surface area contributed by atoms with Crippen molar-refractivity contribution in [2.75, 3.05) is 11.9 Å². The van der Waals surface area contributed by atoms with E-state index in [1.54, 1.807) is 48.5 Å². The van der Waals surface area contributed by atoms with E-state index < -0.39 is 24.6 Å². The van der Waals surface area contributed by atoms with Crippen LogP contribution in [0.15, 0.2) is 60.8 Å².